The van der Waals surface area contributed by atoms with Crippen molar-refractivity contribution in [1.29, 1.82) is 0 Å². The summed E-state index contributed by atoms with van der Waals surface area (Å²) >= 11 is 1.30. The maximum Gasteiger partial charge on any atom is 0.270 e. The van der Waals surface area contributed by atoms with Gasteiger partial charge in [-0.1, -0.05) is 36.0 Å². The molecular weight excluding hydrogens is 368 g/mol. The second-order valence-corrected chi connectivity index (χ2v) is 6.84. The van der Waals surface area contributed by atoms with Gasteiger partial charge in [-0.3, -0.25) is 14.9 Å². The minimum absolute atomic E-state index is 0.0188. The number of hydrogen-bond acceptors (Lipinski definition) is 7. The van der Waals surface area contributed by atoms with E-state index in [1.807, 2.05) is 24.3 Å². The lowest BCUT2D eigenvalue weighted by Gasteiger charge is -2.06. The first-order valence-corrected chi connectivity index (χ1v) is 8.89. The number of amides is 1. The Kier molecular flexibility index (Phi) is 5.82. The molecule has 0 spiro atoms. The zero-order valence-corrected chi connectivity index (χ0v) is 15.2. The van der Waals surface area contributed by atoms with Crippen molar-refractivity contribution in [2.24, 2.45) is 10.2 Å². The molecule has 0 saturated carbocycles. The highest BCUT2D eigenvalue weighted by atomic mass is 32.2. The van der Waals surface area contributed by atoms with Gasteiger partial charge in [0.1, 0.15) is 5.75 Å². The van der Waals surface area contributed by atoms with Gasteiger partial charge in [-0.2, -0.15) is 5.10 Å². The molecule has 2 aromatic carbocycles. The first kappa shape index (κ1) is 18.6. The summed E-state index contributed by atoms with van der Waals surface area (Å²) in [7, 11) is 1.60. The molecule has 1 heterocycles. The number of thioether (sulfide) groups is 1. The predicted molar refractivity (Wildman–Crippen MR) is 104 cm³/mol. The van der Waals surface area contributed by atoms with E-state index in [0.717, 1.165) is 11.3 Å². The number of rotatable bonds is 6. The van der Waals surface area contributed by atoms with E-state index in [9.17, 15) is 14.9 Å². The molecule has 0 aliphatic carbocycles. The van der Waals surface area contributed by atoms with Crippen LogP contribution >= 0.6 is 11.8 Å². The quantitative estimate of drug-likeness (QED) is 0.468. The third-order valence-corrected chi connectivity index (χ3v) is 4.87. The van der Waals surface area contributed by atoms with E-state index in [0.29, 0.717) is 17.2 Å². The number of nitrogens with zero attached hydrogens (tertiary/aromatic N) is 3. The minimum atomic E-state index is -0.472. The highest BCUT2D eigenvalue weighted by Gasteiger charge is 2.30. The van der Waals surface area contributed by atoms with Crippen LogP contribution in [0.4, 0.5) is 5.69 Å². The average molecular weight is 384 g/mol. The fourth-order valence-electron chi connectivity index (χ4n) is 2.43. The van der Waals surface area contributed by atoms with E-state index >= 15 is 0 Å². The number of carbonyl (C=O) groups excluding carboxylic acids is 1. The smallest absolute Gasteiger partial charge is 0.270 e. The number of nitrogens with one attached hydrogen (secondary N) is 1. The Bertz CT molecular complexity index is 912. The van der Waals surface area contributed by atoms with Crippen molar-refractivity contribution < 1.29 is 14.5 Å². The molecule has 9 heteroatoms. The lowest BCUT2D eigenvalue weighted by atomic mass is 10.1. The van der Waals surface area contributed by atoms with Crippen LogP contribution in [0.15, 0.2) is 58.7 Å². The van der Waals surface area contributed by atoms with Crippen LogP contribution in [0.25, 0.3) is 0 Å². The van der Waals surface area contributed by atoms with Crippen molar-refractivity contribution in [1.82, 2.24) is 5.32 Å². The Hall–Kier alpha value is -3.20. The van der Waals surface area contributed by atoms with Gasteiger partial charge in [0.05, 0.1) is 23.5 Å². The van der Waals surface area contributed by atoms with Crippen LogP contribution in [0, 0.1) is 10.1 Å². The zero-order valence-electron chi connectivity index (χ0n) is 14.4. The van der Waals surface area contributed by atoms with Gasteiger partial charge >= 0.3 is 0 Å². The summed E-state index contributed by atoms with van der Waals surface area (Å²) in [4.78, 5) is 22.4. The van der Waals surface area contributed by atoms with Crippen molar-refractivity contribution in [2.75, 3.05) is 7.11 Å². The Labute approximate surface area is 159 Å². The first-order valence-electron chi connectivity index (χ1n) is 8.01. The van der Waals surface area contributed by atoms with Crippen molar-refractivity contribution in [3.05, 3.63) is 69.8 Å². The highest BCUT2D eigenvalue weighted by Crippen LogP contribution is 2.24. The molecule has 0 bridgehead atoms. The lowest BCUT2D eigenvalue weighted by molar-refractivity contribution is -0.384. The number of benzene rings is 2. The van der Waals surface area contributed by atoms with E-state index in [1.54, 1.807) is 19.2 Å². The van der Waals surface area contributed by atoms with Gasteiger partial charge in [0.25, 0.3) is 5.69 Å². The number of carbonyl (C=O) groups is 1. The molecule has 27 heavy (non-hydrogen) atoms. The summed E-state index contributed by atoms with van der Waals surface area (Å²) in [6.07, 6.45) is 1.97. The second kappa shape index (κ2) is 8.45. The van der Waals surface area contributed by atoms with E-state index in [2.05, 4.69) is 15.5 Å². The fraction of sp³-hybridized carbons (Fsp3) is 0.167. The van der Waals surface area contributed by atoms with Gasteiger partial charge < -0.3 is 10.1 Å². The molecule has 0 aromatic heterocycles. The molecule has 138 valence electrons. The van der Waals surface area contributed by atoms with Gasteiger partial charge in [-0.05, 0) is 24.1 Å². The number of amidine groups is 1. The van der Waals surface area contributed by atoms with Gasteiger partial charge in [0.2, 0.25) is 5.91 Å². The summed E-state index contributed by atoms with van der Waals surface area (Å²) in [6, 6.07) is 13.6. The molecule has 1 amide bonds. The Morgan fingerprint density at radius 1 is 1.30 bits per heavy atom. The van der Waals surface area contributed by atoms with Gasteiger partial charge in [0.15, 0.2) is 5.17 Å². The SMILES string of the molecule is COc1ccc(C[C@@H]2S/C(=N/N=C\c3cccc([N+](=O)[O-])c3)NC2=O)cc1. The van der Waals surface area contributed by atoms with E-state index in [1.165, 1.54) is 30.1 Å². The van der Waals surface area contributed by atoms with Gasteiger partial charge in [-0.25, -0.2) is 0 Å². The van der Waals surface area contributed by atoms with Crippen LogP contribution in [0.1, 0.15) is 11.1 Å². The number of hydrogen-bond donors (Lipinski definition) is 1. The topological polar surface area (TPSA) is 106 Å². The van der Waals surface area contributed by atoms with Gasteiger partial charge in [0, 0.05) is 17.7 Å². The maximum atomic E-state index is 12.1. The van der Waals surface area contributed by atoms with Crippen LogP contribution < -0.4 is 10.1 Å². The number of non-ortho nitro benzene ring substituents is 1. The Balaban J connectivity index is 1.62. The molecule has 0 unspecified atom stereocenters. The molecule has 1 atom stereocenters. The van der Waals surface area contributed by atoms with Crippen LogP contribution in [0.2, 0.25) is 0 Å². The molecule has 1 aliphatic heterocycles. The molecular formula is C18H16N4O4S. The monoisotopic (exact) mass is 384 g/mol. The van der Waals surface area contributed by atoms with Crippen molar-refractivity contribution in [3.63, 3.8) is 0 Å². The third kappa shape index (κ3) is 4.91. The van der Waals surface area contributed by atoms with Crippen LogP contribution in [0.3, 0.4) is 0 Å². The molecule has 1 saturated heterocycles. The van der Waals surface area contributed by atoms with Gasteiger partial charge in [-0.15, -0.1) is 5.10 Å². The molecule has 0 radical (unpaired) electrons. The number of methoxy groups -OCH3 is 1. The lowest BCUT2D eigenvalue weighted by Crippen LogP contribution is -2.25. The third-order valence-electron chi connectivity index (χ3n) is 3.79. The standard InChI is InChI=1S/C18H16N4O4S/c1-26-15-7-5-12(6-8-15)10-16-17(23)20-18(27-16)21-19-11-13-3-2-4-14(9-13)22(24)25/h2-9,11,16H,10H2,1H3,(H,20,21,23)/b19-11-/t16-/m0/s1. The fourth-order valence-corrected chi connectivity index (χ4v) is 3.39. The largest absolute Gasteiger partial charge is 0.497 e. The van der Waals surface area contributed by atoms with Crippen LogP contribution in [0.5, 0.6) is 5.75 Å². The number of ether oxygens (including phenoxy) is 1. The average Bonchev–Trinajstić information content (AvgIpc) is 3.02. The normalized spacial score (nSPS) is 18.0. The summed E-state index contributed by atoms with van der Waals surface area (Å²) in [6.45, 7) is 0. The Morgan fingerprint density at radius 2 is 2.07 bits per heavy atom. The molecule has 1 N–H and O–H groups in total. The summed E-state index contributed by atoms with van der Waals surface area (Å²) in [5.41, 5.74) is 1.55. The molecule has 3 rings (SSSR count). The number of nitro groups is 1. The minimum Gasteiger partial charge on any atom is -0.497 e. The maximum absolute atomic E-state index is 12.1. The van der Waals surface area contributed by atoms with E-state index < -0.39 is 4.92 Å². The number of nitro benzene ring substituents is 1. The second-order valence-electron chi connectivity index (χ2n) is 5.65. The molecule has 8 nitrogen and oxygen atoms in total. The van der Waals surface area contributed by atoms with Crippen molar-refractivity contribution in [3.8, 4) is 5.75 Å². The van der Waals surface area contributed by atoms with Crippen molar-refractivity contribution in [2.45, 2.75) is 11.7 Å². The Morgan fingerprint density at radius 3 is 2.78 bits per heavy atom. The highest BCUT2D eigenvalue weighted by molar-refractivity contribution is 8.15. The molecule has 1 fully saturated rings. The first-order chi connectivity index (χ1) is 13.0. The van der Waals surface area contributed by atoms with Crippen LogP contribution in [-0.4, -0.2) is 34.6 Å². The predicted octanol–water partition coefficient (Wildman–Crippen LogP) is 2.77. The summed E-state index contributed by atoms with van der Waals surface area (Å²) in [5, 5.41) is 21.5. The van der Waals surface area contributed by atoms with E-state index in [-0.39, 0.29) is 16.8 Å². The summed E-state index contributed by atoms with van der Waals surface area (Å²) < 4.78 is 5.12. The van der Waals surface area contributed by atoms with E-state index in [4.69, 9.17) is 4.74 Å². The molecule has 1 aliphatic rings. The molecule has 2 aromatic rings. The van der Waals surface area contributed by atoms with Crippen molar-refractivity contribution >= 4 is 34.7 Å². The van der Waals surface area contributed by atoms with Crippen LogP contribution in [-0.2, 0) is 11.2 Å². The zero-order chi connectivity index (χ0) is 19.2. The summed E-state index contributed by atoms with van der Waals surface area (Å²) in [5.74, 6) is 0.639.